The van der Waals surface area contributed by atoms with Crippen LogP contribution in [0.5, 0.6) is 0 Å². The Morgan fingerprint density at radius 3 is 2.28 bits per heavy atom. The van der Waals surface area contributed by atoms with E-state index in [0.29, 0.717) is 0 Å². The van der Waals surface area contributed by atoms with E-state index in [-0.39, 0.29) is 11.8 Å². The molecule has 1 aliphatic rings. The highest BCUT2D eigenvalue weighted by Crippen LogP contribution is 2.30. The number of hydrogen-bond donors (Lipinski definition) is 2. The van der Waals surface area contributed by atoms with E-state index in [1.807, 2.05) is 0 Å². The Bertz CT molecular complexity index is 357. The minimum atomic E-state index is -1.19. The fourth-order valence-corrected chi connectivity index (χ4v) is 1.27. The van der Waals surface area contributed by atoms with Gasteiger partial charge in [0.15, 0.2) is 0 Å². The van der Waals surface area contributed by atoms with Crippen molar-refractivity contribution in [2.24, 2.45) is 5.92 Å². The molecule has 7 nitrogen and oxygen atoms in total. The predicted octanol–water partition coefficient (Wildman–Crippen LogP) is 0.749. The van der Waals surface area contributed by atoms with Crippen LogP contribution in [0.3, 0.4) is 0 Å². The molecule has 1 rings (SSSR count). The average Bonchev–Trinajstić information content (AvgIpc) is 2.94. The zero-order valence-electron chi connectivity index (χ0n) is 10.7. The predicted molar refractivity (Wildman–Crippen MR) is 61.4 cm³/mol. The lowest BCUT2D eigenvalue weighted by atomic mass is 10.2. The number of rotatable bonds is 3. The quantitative estimate of drug-likeness (QED) is 0.728. The van der Waals surface area contributed by atoms with Gasteiger partial charge in [-0.15, -0.1) is 0 Å². The molecule has 0 bridgehead atoms. The molecule has 0 unspecified atom stereocenters. The Hall–Kier alpha value is -1.79. The molecule has 2 N–H and O–H groups in total. The van der Waals surface area contributed by atoms with Crippen LogP contribution in [0.25, 0.3) is 0 Å². The molecule has 0 radical (unpaired) electrons. The van der Waals surface area contributed by atoms with Gasteiger partial charge in [-0.3, -0.25) is 9.59 Å². The van der Waals surface area contributed by atoms with E-state index in [2.05, 4.69) is 5.43 Å². The summed E-state index contributed by atoms with van der Waals surface area (Å²) in [5.74, 6) is -1.76. The van der Waals surface area contributed by atoms with Crippen molar-refractivity contribution in [2.45, 2.75) is 39.2 Å². The number of amides is 2. The Labute approximate surface area is 105 Å². The van der Waals surface area contributed by atoms with Gasteiger partial charge < -0.3 is 9.84 Å². The highest BCUT2D eigenvalue weighted by atomic mass is 16.6. The van der Waals surface area contributed by atoms with Crippen molar-refractivity contribution < 1.29 is 24.2 Å². The molecule has 7 heteroatoms. The first-order chi connectivity index (χ1) is 8.19. The largest absolute Gasteiger partial charge is 0.480 e. The van der Waals surface area contributed by atoms with Crippen LogP contribution in [-0.4, -0.2) is 40.2 Å². The van der Waals surface area contributed by atoms with E-state index in [9.17, 15) is 14.4 Å². The maximum atomic E-state index is 11.7. The minimum Gasteiger partial charge on any atom is -0.480 e. The molecule has 0 aromatic heterocycles. The highest BCUT2D eigenvalue weighted by molar-refractivity contribution is 5.86. The molecule has 0 saturated heterocycles. The zero-order chi connectivity index (χ0) is 13.9. The molecule has 0 heterocycles. The summed E-state index contributed by atoms with van der Waals surface area (Å²) in [5, 5.41) is 9.49. The molecule has 102 valence electrons. The molecule has 1 aliphatic carbocycles. The summed E-state index contributed by atoms with van der Waals surface area (Å²) in [5.41, 5.74) is 1.46. The van der Waals surface area contributed by atoms with Gasteiger partial charge in [-0.1, -0.05) is 0 Å². The molecule has 0 aliphatic heterocycles. The molecule has 0 spiro atoms. The van der Waals surface area contributed by atoms with Crippen molar-refractivity contribution in [2.75, 3.05) is 6.54 Å². The fraction of sp³-hybridized carbons (Fsp3) is 0.727. The molecular weight excluding hydrogens is 240 g/mol. The summed E-state index contributed by atoms with van der Waals surface area (Å²) in [7, 11) is 0. The number of carbonyl (C=O) groups excluding carboxylic acids is 2. The molecule has 1 saturated carbocycles. The number of hydrogen-bond acceptors (Lipinski definition) is 4. The SMILES string of the molecule is CC(C)(C)OC(=O)NN(CC(=O)O)C(=O)C1CC1. The summed E-state index contributed by atoms with van der Waals surface area (Å²) in [6.45, 7) is 4.46. The standard InChI is InChI=1S/C11H18N2O5/c1-11(2,3)18-10(17)12-13(6-8(14)15)9(16)7-4-5-7/h7H,4-6H2,1-3H3,(H,12,17)(H,14,15). The first kappa shape index (κ1) is 14.3. The van der Waals surface area contributed by atoms with Gasteiger partial charge in [0.1, 0.15) is 12.1 Å². The fourth-order valence-electron chi connectivity index (χ4n) is 1.27. The van der Waals surface area contributed by atoms with Gasteiger partial charge in [0.25, 0.3) is 0 Å². The van der Waals surface area contributed by atoms with Gasteiger partial charge in [-0.05, 0) is 33.6 Å². The lowest BCUT2D eigenvalue weighted by Gasteiger charge is -2.25. The van der Waals surface area contributed by atoms with E-state index in [4.69, 9.17) is 9.84 Å². The number of carboxylic acids is 1. The lowest BCUT2D eigenvalue weighted by molar-refractivity contribution is -0.147. The summed E-state index contributed by atoms with van der Waals surface area (Å²) in [6.07, 6.45) is 0.619. The van der Waals surface area contributed by atoms with Crippen molar-refractivity contribution in [1.82, 2.24) is 10.4 Å². The number of aliphatic carboxylic acids is 1. The highest BCUT2D eigenvalue weighted by Gasteiger charge is 2.35. The first-order valence-corrected chi connectivity index (χ1v) is 5.72. The maximum absolute atomic E-state index is 11.7. The van der Waals surface area contributed by atoms with Crippen LogP contribution >= 0.6 is 0 Å². The second kappa shape index (κ2) is 5.24. The van der Waals surface area contributed by atoms with E-state index in [1.165, 1.54) is 0 Å². The van der Waals surface area contributed by atoms with Crippen LogP contribution in [0, 0.1) is 5.92 Å². The number of carbonyl (C=O) groups is 3. The van der Waals surface area contributed by atoms with E-state index in [1.54, 1.807) is 20.8 Å². The average molecular weight is 258 g/mol. The Balaban J connectivity index is 2.57. The molecule has 1 fully saturated rings. The second-order valence-corrected chi connectivity index (χ2v) is 5.21. The Morgan fingerprint density at radius 2 is 1.89 bits per heavy atom. The number of nitrogens with zero attached hydrogens (tertiary/aromatic N) is 1. The lowest BCUT2D eigenvalue weighted by Crippen LogP contribution is -2.50. The van der Waals surface area contributed by atoms with Crippen LogP contribution in [0.1, 0.15) is 33.6 Å². The first-order valence-electron chi connectivity index (χ1n) is 5.72. The third-order valence-electron chi connectivity index (χ3n) is 2.11. The van der Waals surface area contributed by atoms with E-state index < -0.39 is 24.2 Å². The number of hydrazine groups is 1. The van der Waals surface area contributed by atoms with Crippen LogP contribution in [0.4, 0.5) is 4.79 Å². The molecular formula is C11H18N2O5. The minimum absolute atomic E-state index is 0.181. The Morgan fingerprint density at radius 1 is 1.33 bits per heavy atom. The monoisotopic (exact) mass is 258 g/mol. The van der Waals surface area contributed by atoms with Crippen LogP contribution < -0.4 is 5.43 Å². The van der Waals surface area contributed by atoms with Crippen molar-refractivity contribution in [1.29, 1.82) is 0 Å². The third kappa shape index (κ3) is 5.03. The van der Waals surface area contributed by atoms with Gasteiger partial charge in [-0.25, -0.2) is 15.2 Å². The van der Waals surface area contributed by atoms with Crippen molar-refractivity contribution in [3.8, 4) is 0 Å². The van der Waals surface area contributed by atoms with Crippen molar-refractivity contribution >= 4 is 18.0 Å². The normalized spacial score (nSPS) is 14.8. The number of carboxylic acid groups (broad SMARTS) is 1. The number of ether oxygens (including phenoxy) is 1. The molecule has 2 amide bonds. The zero-order valence-corrected chi connectivity index (χ0v) is 10.7. The maximum Gasteiger partial charge on any atom is 0.426 e. The van der Waals surface area contributed by atoms with Gasteiger partial charge >= 0.3 is 12.1 Å². The molecule has 18 heavy (non-hydrogen) atoms. The van der Waals surface area contributed by atoms with E-state index >= 15 is 0 Å². The number of nitrogens with one attached hydrogen (secondary N) is 1. The van der Waals surface area contributed by atoms with Crippen molar-refractivity contribution in [3.63, 3.8) is 0 Å². The topological polar surface area (TPSA) is 95.9 Å². The van der Waals surface area contributed by atoms with Gasteiger partial charge in [0, 0.05) is 5.92 Å². The second-order valence-electron chi connectivity index (χ2n) is 5.21. The summed E-state index contributed by atoms with van der Waals surface area (Å²) >= 11 is 0. The van der Waals surface area contributed by atoms with Crippen LogP contribution in [-0.2, 0) is 14.3 Å². The van der Waals surface area contributed by atoms with Gasteiger partial charge in [0.2, 0.25) is 5.91 Å². The smallest absolute Gasteiger partial charge is 0.426 e. The summed E-state index contributed by atoms with van der Waals surface area (Å²) in [6, 6.07) is 0. The van der Waals surface area contributed by atoms with E-state index in [0.717, 1.165) is 17.9 Å². The molecule has 0 aromatic rings. The molecule has 0 aromatic carbocycles. The Kier molecular flexibility index (Phi) is 4.15. The third-order valence-corrected chi connectivity index (χ3v) is 2.11. The summed E-state index contributed by atoms with van der Waals surface area (Å²) in [4.78, 5) is 33.9. The van der Waals surface area contributed by atoms with Crippen molar-refractivity contribution in [3.05, 3.63) is 0 Å². The van der Waals surface area contributed by atoms with Crippen LogP contribution in [0.15, 0.2) is 0 Å². The summed E-state index contributed by atoms with van der Waals surface area (Å²) < 4.78 is 4.96. The van der Waals surface area contributed by atoms with Gasteiger partial charge in [0.05, 0.1) is 0 Å². The van der Waals surface area contributed by atoms with Crippen LogP contribution in [0.2, 0.25) is 0 Å². The van der Waals surface area contributed by atoms with Gasteiger partial charge in [-0.2, -0.15) is 0 Å². The molecule has 0 atom stereocenters.